The van der Waals surface area contributed by atoms with Gasteiger partial charge in [0.15, 0.2) is 5.71 Å². The Morgan fingerprint density at radius 3 is 2.46 bits per heavy atom. The summed E-state index contributed by atoms with van der Waals surface area (Å²) >= 11 is 0. The molecule has 3 nitrogen and oxygen atoms in total. The van der Waals surface area contributed by atoms with Crippen molar-refractivity contribution in [1.82, 2.24) is 0 Å². The second-order valence-electron chi connectivity index (χ2n) is 2.60. The van der Waals surface area contributed by atoms with Crippen molar-refractivity contribution in [1.29, 1.82) is 5.26 Å². The molecule has 1 aromatic carbocycles. The molecule has 0 aliphatic rings. The third kappa shape index (κ3) is 2.31. The van der Waals surface area contributed by atoms with E-state index in [2.05, 4.69) is 9.99 Å². The zero-order valence-electron chi connectivity index (χ0n) is 7.61. The first kappa shape index (κ1) is 9.27. The van der Waals surface area contributed by atoms with Crippen LogP contribution in [0.5, 0.6) is 0 Å². The summed E-state index contributed by atoms with van der Waals surface area (Å²) in [5.74, 6) is 0. The monoisotopic (exact) mass is 174 g/mol. The van der Waals surface area contributed by atoms with E-state index in [-0.39, 0.29) is 0 Å². The van der Waals surface area contributed by atoms with Crippen LogP contribution in [0.25, 0.3) is 0 Å². The Balaban J connectivity index is 3.01. The molecule has 66 valence electrons. The SMILES string of the molecule is CON=C(C#N)c1ccc(C)cc1. The minimum Gasteiger partial charge on any atom is -0.398 e. The van der Waals surface area contributed by atoms with Crippen molar-refractivity contribution in [2.45, 2.75) is 6.92 Å². The summed E-state index contributed by atoms with van der Waals surface area (Å²) in [7, 11) is 1.42. The molecule has 0 saturated carbocycles. The maximum absolute atomic E-state index is 8.72. The van der Waals surface area contributed by atoms with E-state index in [1.54, 1.807) is 0 Å². The molecule has 0 radical (unpaired) electrons. The Morgan fingerprint density at radius 1 is 1.38 bits per heavy atom. The topological polar surface area (TPSA) is 45.4 Å². The van der Waals surface area contributed by atoms with Crippen LogP contribution in [0.2, 0.25) is 0 Å². The van der Waals surface area contributed by atoms with Crippen LogP contribution in [0.4, 0.5) is 0 Å². The molecular formula is C10H10N2O. The molecule has 1 aromatic rings. The van der Waals surface area contributed by atoms with Gasteiger partial charge in [0, 0.05) is 5.56 Å². The number of nitriles is 1. The predicted molar refractivity (Wildman–Crippen MR) is 50.3 cm³/mol. The van der Waals surface area contributed by atoms with Crippen LogP contribution in [-0.4, -0.2) is 12.8 Å². The Kier molecular flexibility index (Phi) is 3.04. The zero-order valence-corrected chi connectivity index (χ0v) is 7.61. The van der Waals surface area contributed by atoms with Gasteiger partial charge >= 0.3 is 0 Å². The van der Waals surface area contributed by atoms with Crippen LogP contribution in [0, 0.1) is 18.3 Å². The smallest absolute Gasteiger partial charge is 0.186 e. The molecule has 0 aliphatic heterocycles. The van der Waals surface area contributed by atoms with Crippen LogP contribution >= 0.6 is 0 Å². The molecule has 0 unspecified atom stereocenters. The molecule has 0 saturated heterocycles. The van der Waals surface area contributed by atoms with E-state index in [9.17, 15) is 0 Å². The third-order valence-corrected chi connectivity index (χ3v) is 1.61. The van der Waals surface area contributed by atoms with Gasteiger partial charge in [0.2, 0.25) is 0 Å². The highest BCUT2D eigenvalue weighted by Crippen LogP contribution is 2.04. The maximum atomic E-state index is 8.72. The first-order valence-electron chi connectivity index (χ1n) is 3.86. The van der Waals surface area contributed by atoms with Crippen LogP contribution in [0.15, 0.2) is 29.4 Å². The van der Waals surface area contributed by atoms with Gasteiger partial charge in [-0.25, -0.2) is 0 Å². The molecular weight excluding hydrogens is 164 g/mol. The van der Waals surface area contributed by atoms with E-state index in [1.807, 2.05) is 37.3 Å². The second kappa shape index (κ2) is 4.27. The number of rotatable bonds is 2. The summed E-state index contributed by atoms with van der Waals surface area (Å²) in [5.41, 5.74) is 2.22. The van der Waals surface area contributed by atoms with Gasteiger partial charge in [-0.15, -0.1) is 0 Å². The van der Waals surface area contributed by atoms with Crippen LogP contribution in [0.3, 0.4) is 0 Å². The van der Waals surface area contributed by atoms with Gasteiger partial charge in [0.05, 0.1) is 0 Å². The molecule has 0 aliphatic carbocycles. The van der Waals surface area contributed by atoms with E-state index in [0.717, 1.165) is 11.1 Å². The zero-order chi connectivity index (χ0) is 9.68. The van der Waals surface area contributed by atoms with Gasteiger partial charge in [-0.2, -0.15) is 5.26 Å². The van der Waals surface area contributed by atoms with Crippen LogP contribution in [-0.2, 0) is 4.84 Å². The third-order valence-electron chi connectivity index (χ3n) is 1.61. The fourth-order valence-electron chi connectivity index (χ4n) is 0.940. The summed E-state index contributed by atoms with van der Waals surface area (Å²) in [6.45, 7) is 1.99. The molecule has 0 bridgehead atoms. The molecule has 13 heavy (non-hydrogen) atoms. The highest BCUT2D eigenvalue weighted by atomic mass is 16.6. The molecule has 0 N–H and O–H groups in total. The van der Waals surface area contributed by atoms with Gasteiger partial charge in [0.25, 0.3) is 0 Å². The van der Waals surface area contributed by atoms with Crippen LogP contribution < -0.4 is 0 Å². The lowest BCUT2D eigenvalue weighted by molar-refractivity contribution is 0.214. The lowest BCUT2D eigenvalue weighted by Crippen LogP contribution is -1.97. The standard InChI is InChI=1S/C10H10N2O/c1-8-3-5-9(6-4-8)10(7-11)12-13-2/h3-6H,1-2H3. The molecule has 0 atom stereocenters. The van der Waals surface area contributed by atoms with Crippen molar-refractivity contribution in [3.63, 3.8) is 0 Å². The molecule has 0 amide bonds. The van der Waals surface area contributed by atoms with E-state index < -0.39 is 0 Å². The normalized spacial score (nSPS) is 10.7. The number of nitrogens with zero attached hydrogens (tertiary/aromatic N) is 2. The Bertz CT molecular complexity index is 346. The molecule has 1 rings (SSSR count). The Hall–Kier alpha value is -1.82. The summed E-state index contributed by atoms with van der Waals surface area (Å²) in [5, 5.41) is 12.3. The first-order chi connectivity index (χ1) is 6.27. The molecule has 0 heterocycles. The molecule has 3 heteroatoms. The summed E-state index contributed by atoms with van der Waals surface area (Å²) in [4.78, 5) is 4.54. The largest absolute Gasteiger partial charge is 0.398 e. The van der Waals surface area contributed by atoms with Gasteiger partial charge in [-0.3, -0.25) is 0 Å². The van der Waals surface area contributed by atoms with Crippen molar-refractivity contribution < 1.29 is 4.84 Å². The fraction of sp³-hybridized carbons (Fsp3) is 0.200. The number of oxime groups is 1. The van der Waals surface area contributed by atoms with Crippen molar-refractivity contribution in [2.75, 3.05) is 7.11 Å². The van der Waals surface area contributed by atoms with Crippen molar-refractivity contribution in [3.05, 3.63) is 35.4 Å². The lowest BCUT2D eigenvalue weighted by atomic mass is 10.1. The van der Waals surface area contributed by atoms with Gasteiger partial charge < -0.3 is 4.84 Å². The molecule has 0 aromatic heterocycles. The molecule has 0 fully saturated rings. The average Bonchev–Trinajstić information content (AvgIpc) is 2.16. The number of benzene rings is 1. The van der Waals surface area contributed by atoms with E-state index >= 15 is 0 Å². The number of hydrogen-bond donors (Lipinski definition) is 0. The van der Waals surface area contributed by atoms with Crippen molar-refractivity contribution >= 4 is 5.71 Å². The summed E-state index contributed by atoms with van der Waals surface area (Å²) in [6.07, 6.45) is 0. The quantitative estimate of drug-likeness (QED) is 0.507. The van der Waals surface area contributed by atoms with Crippen LogP contribution in [0.1, 0.15) is 11.1 Å². The maximum Gasteiger partial charge on any atom is 0.186 e. The average molecular weight is 174 g/mol. The molecule has 0 spiro atoms. The van der Waals surface area contributed by atoms with Gasteiger partial charge in [-0.05, 0) is 6.92 Å². The highest BCUT2D eigenvalue weighted by molar-refractivity contribution is 6.11. The van der Waals surface area contributed by atoms with Gasteiger partial charge in [0.1, 0.15) is 13.2 Å². The second-order valence-corrected chi connectivity index (χ2v) is 2.60. The Labute approximate surface area is 77.2 Å². The number of aryl methyl sites for hydroxylation is 1. The predicted octanol–water partition coefficient (Wildman–Crippen LogP) is 1.87. The first-order valence-corrected chi connectivity index (χ1v) is 3.86. The lowest BCUT2D eigenvalue weighted by Gasteiger charge is -1.97. The van der Waals surface area contributed by atoms with E-state index in [1.165, 1.54) is 7.11 Å². The van der Waals surface area contributed by atoms with E-state index in [0.29, 0.717) is 5.71 Å². The summed E-state index contributed by atoms with van der Waals surface area (Å²) < 4.78 is 0. The number of hydrogen-bond acceptors (Lipinski definition) is 3. The van der Waals surface area contributed by atoms with Gasteiger partial charge in [-0.1, -0.05) is 35.0 Å². The van der Waals surface area contributed by atoms with E-state index in [4.69, 9.17) is 5.26 Å². The van der Waals surface area contributed by atoms with Crippen molar-refractivity contribution in [2.24, 2.45) is 5.16 Å². The van der Waals surface area contributed by atoms with Crippen molar-refractivity contribution in [3.8, 4) is 6.07 Å². The Morgan fingerprint density at radius 2 is 2.00 bits per heavy atom. The minimum absolute atomic E-state index is 0.294. The fourth-order valence-corrected chi connectivity index (χ4v) is 0.940. The minimum atomic E-state index is 0.294. The highest BCUT2D eigenvalue weighted by Gasteiger charge is 2.01. The summed E-state index contributed by atoms with van der Waals surface area (Å²) in [6, 6.07) is 9.51.